The highest BCUT2D eigenvalue weighted by Crippen LogP contribution is 2.65. The Labute approximate surface area is 214 Å². The molecule has 4 rings (SSSR count). The fraction of sp³-hybridized carbons (Fsp3) is 0.414. The van der Waals surface area contributed by atoms with Gasteiger partial charge in [-0.05, 0) is 48.4 Å². The van der Waals surface area contributed by atoms with E-state index < -0.39 is 51.1 Å². The number of phenolic OH excluding ortho intramolecular Hbond substituents is 1. The Kier molecular flexibility index (Phi) is 5.73. The smallest absolute Gasteiger partial charge is 0.382 e. The number of hydrogen-bond acceptors (Lipinski definition) is 7. The second-order valence-electron chi connectivity index (χ2n) is 11.2. The SMILES string of the molecule is C=C1C2=C(O)[C@@]3(O)C(O)=C(C(C)=O)C(=O)C[C@@]3(C)C[C@@]2(C)Cc2c(C(C)C)cc(C#CC(=O)O)c(O)c21. The molecule has 8 heteroatoms. The van der Waals surface area contributed by atoms with Crippen molar-refractivity contribution in [2.45, 2.75) is 65.4 Å². The van der Waals surface area contributed by atoms with E-state index in [0.29, 0.717) is 6.42 Å². The van der Waals surface area contributed by atoms with Crippen LogP contribution in [0.25, 0.3) is 5.57 Å². The fourth-order valence-electron chi connectivity index (χ4n) is 6.69. The van der Waals surface area contributed by atoms with E-state index >= 15 is 0 Å². The summed E-state index contributed by atoms with van der Waals surface area (Å²) < 4.78 is 0. The van der Waals surface area contributed by atoms with Crippen LogP contribution in [0.3, 0.4) is 0 Å². The van der Waals surface area contributed by atoms with Crippen molar-refractivity contribution in [2.75, 3.05) is 0 Å². The molecule has 37 heavy (non-hydrogen) atoms. The summed E-state index contributed by atoms with van der Waals surface area (Å²) in [6, 6.07) is 1.65. The van der Waals surface area contributed by atoms with Crippen molar-refractivity contribution in [2.24, 2.45) is 10.8 Å². The number of rotatable bonds is 2. The quantitative estimate of drug-likeness (QED) is 0.300. The Morgan fingerprint density at radius 3 is 2.27 bits per heavy atom. The minimum atomic E-state index is -2.42. The zero-order valence-corrected chi connectivity index (χ0v) is 21.4. The molecule has 3 atom stereocenters. The number of aliphatic hydroxyl groups is 3. The molecule has 0 saturated heterocycles. The average Bonchev–Trinajstić information content (AvgIpc) is 2.74. The first-order valence-corrected chi connectivity index (χ1v) is 12.0. The summed E-state index contributed by atoms with van der Waals surface area (Å²) in [5.74, 6) is -0.0673. The highest BCUT2D eigenvalue weighted by Gasteiger charge is 2.66. The Balaban J connectivity index is 2.07. The first-order valence-electron chi connectivity index (χ1n) is 12.0. The van der Waals surface area contributed by atoms with Gasteiger partial charge >= 0.3 is 5.97 Å². The van der Waals surface area contributed by atoms with Crippen molar-refractivity contribution in [3.63, 3.8) is 0 Å². The largest absolute Gasteiger partial charge is 0.508 e. The molecule has 194 valence electrons. The number of aliphatic carboxylic acids is 1. The van der Waals surface area contributed by atoms with Crippen LogP contribution in [-0.4, -0.2) is 48.7 Å². The molecule has 8 nitrogen and oxygen atoms in total. The maximum atomic E-state index is 12.9. The van der Waals surface area contributed by atoms with E-state index in [-0.39, 0.29) is 46.8 Å². The summed E-state index contributed by atoms with van der Waals surface area (Å²) >= 11 is 0. The molecule has 0 spiro atoms. The van der Waals surface area contributed by atoms with E-state index in [1.54, 1.807) is 13.0 Å². The summed E-state index contributed by atoms with van der Waals surface area (Å²) in [5.41, 5.74) is -2.86. The minimum absolute atomic E-state index is 0.0345. The maximum Gasteiger partial charge on any atom is 0.382 e. The van der Waals surface area contributed by atoms with Crippen LogP contribution >= 0.6 is 0 Å². The van der Waals surface area contributed by atoms with E-state index in [1.807, 2.05) is 26.7 Å². The number of benzene rings is 1. The molecule has 0 radical (unpaired) electrons. The van der Waals surface area contributed by atoms with E-state index in [4.69, 9.17) is 5.11 Å². The third kappa shape index (κ3) is 3.45. The first kappa shape index (κ1) is 26.2. The molecule has 0 amide bonds. The van der Waals surface area contributed by atoms with Gasteiger partial charge in [-0.1, -0.05) is 40.2 Å². The lowest BCUT2D eigenvalue weighted by Crippen LogP contribution is -2.60. The predicted octanol–water partition coefficient (Wildman–Crippen LogP) is 3.85. The number of Topliss-reactive ketones (excluding diaryl/α,β-unsaturated/α-hetero) is 2. The van der Waals surface area contributed by atoms with Gasteiger partial charge in [0.15, 0.2) is 17.2 Å². The zero-order chi connectivity index (χ0) is 27.8. The zero-order valence-electron chi connectivity index (χ0n) is 21.4. The number of carbonyl (C=O) groups is 3. The van der Waals surface area contributed by atoms with Crippen LogP contribution in [0.4, 0.5) is 0 Å². The molecule has 0 heterocycles. The van der Waals surface area contributed by atoms with Gasteiger partial charge in [0.25, 0.3) is 0 Å². The van der Waals surface area contributed by atoms with Crippen molar-refractivity contribution < 1.29 is 39.9 Å². The molecule has 0 aliphatic heterocycles. The average molecular weight is 507 g/mol. The van der Waals surface area contributed by atoms with Crippen LogP contribution in [0.2, 0.25) is 0 Å². The molecule has 0 fully saturated rings. The van der Waals surface area contributed by atoms with Gasteiger partial charge in [0, 0.05) is 34.3 Å². The van der Waals surface area contributed by atoms with E-state index in [0.717, 1.165) is 18.1 Å². The summed E-state index contributed by atoms with van der Waals surface area (Å²) in [4.78, 5) is 36.1. The van der Waals surface area contributed by atoms with Crippen LogP contribution in [0, 0.1) is 22.7 Å². The van der Waals surface area contributed by atoms with Crippen LogP contribution in [-0.2, 0) is 20.8 Å². The fourth-order valence-corrected chi connectivity index (χ4v) is 6.69. The third-order valence-electron chi connectivity index (χ3n) is 8.14. The first-order chi connectivity index (χ1) is 17.0. The van der Waals surface area contributed by atoms with Crippen molar-refractivity contribution in [1.82, 2.24) is 0 Å². The number of aromatic hydroxyl groups is 1. The van der Waals surface area contributed by atoms with E-state index in [2.05, 4.69) is 12.5 Å². The van der Waals surface area contributed by atoms with Gasteiger partial charge in [0.2, 0.25) is 0 Å². The lowest BCUT2D eigenvalue weighted by molar-refractivity contribution is -0.141. The van der Waals surface area contributed by atoms with E-state index in [1.165, 1.54) is 0 Å². The number of hydrogen-bond donors (Lipinski definition) is 5. The van der Waals surface area contributed by atoms with E-state index in [9.17, 15) is 34.8 Å². The number of ketones is 2. The Morgan fingerprint density at radius 1 is 1.11 bits per heavy atom. The molecule has 0 bridgehead atoms. The predicted molar refractivity (Wildman–Crippen MR) is 135 cm³/mol. The van der Waals surface area contributed by atoms with Gasteiger partial charge in [0.1, 0.15) is 22.8 Å². The molecule has 3 aliphatic rings. The summed E-state index contributed by atoms with van der Waals surface area (Å²) in [6.45, 7) is 12.6. The summed E-state index contributed by atoms with van der Waals surface area (Å²) in [5, 5.41) is 54.7. The van der Waals surface area contributed by atoms with Crippen molar-refractivity contribution >= 4 is 23.1 Å². The summed E-state index contributed by atoms with van der Waals surface area (Å²) in [7, 11) is 0. The second kappa shape index (κ2) is 8.09. The number of carbonyl (C=O) groups excluding carboxylic acids is 2. The maximum absolute atomic E-state index is 12.9. The molecule has 1 aromatic carbocycles. The van der Waals surface area contributed by atoms with Crippen LogP contribution < -0.4 is 0 Å². The number of allylic oxidation sites excluding steroid dienone is 3. The highest BCUT2D eigenvalue weighted by molar-refractivity contribution is 6.21. The number of phenols is 1. The lowest BCUT2D eigenvalue weighted by atomic mass is 9.48. The Bertz CT molecular complexity index is 1450. The minimum Gasteiger partial charge on any atom is -0.508 e. The molecule has 5 N–H and O–H groups in total. The van der Waals surface area contributed by atoms with Crippen molar-refractivity contribution in [3.8, 4) is 17.6 Å². The molecular formula is C29H30O8. The number of aliphatic hydroxyl groups excluding tert-OH is 2. The summed E-state index contributed by atoms with van der Waals surface area (Å²) in [6.07, 6.45) is 0.202. The van der Waals surface area contributed by atoms with Crippen molar-refractivity contribution in [1.29, 1.82) is 0 Å². The molecule has 1 aromatic rings. The van der Waals surface area contributed by atoms with Gasteiger partial charge in [-0.15, -0.1) is 0 Å². The Morgan fingerprint density at radius 2 is 1.73 bits per heavy atom. The number of fused-ring (bicyclic) bond motifs is 3. The van der Waals surface area contributed by atoms with Crippen LogP contribution in [0.5, 0.6) is 5.75 Å². The molecule has 0 saturated carbocycles. The number of carboxylic acid groups (broad SMARTS) is 1. The van der Waals surface area contributed by atoms with Gasteiger partial charge in [0.05, 0.1) is 5.56 Å². The van der Waals surface area contributed by atoms with Crippen molar-refractivity contribution in [3.05, 3.63) is 57.6 Å². The molecule has 0 aromatic heterocycles. The molecular weight excluding hydrogens is 476 g/mol. The monoisotopic (exact) mass is 506 g/mol. The topological polar surface area (TPSA) is 152 Å². The third-order valence-corrected chi connectivity index (χ3v) is 8.14. The number of carboxylic acids is 1. The Hall–Kier alpha value is -3.83. The normalized spacial score (nSPS) is 28.8. The van der Waals surface area contributed by atoms with Gasteiger partial charge in [-0.25, -0.2) is 4.79 Å². The van der Waals surface area contributed by atoms with Crippen LogP contribution in [0.15, 0.2) is 35.3 Å². The van der Waals surface area contributed by atoms with Gasteiger partial charge in [-0.2, -0.15) is 0 Å². The van der Waals surface area contributed by atoms with Gasteiger partial charge < -0.3 is 25.5 Å². The van der Waals surface area contributed by atoms with Gasteiger partial charge in [-0.3, -0.25) is 9.59 Å². The second-order valence-corrected chi connectivity index (χ2v) is 11.2. The highest BCUT2D eigenvalue weighted by atomic mass is 16.4. The van der Waals surface area contributed by atoms with Crippen LogP contribution in [0.1, 0.15) is 75.6 Å². The molecule has 3 aliphatic carbocycles. The lowest BCUT2D eigenvalue weighted by Gasteiger charge is -2.57. The molecule has 0 unspecified atom stereocenters. The standard InChI is InChI=1S/C29H30O8/c1-13(2)17-9-16(7-8-20(32)33)24(34)21-14(3)23-26(36)29(37)25(35)22(15(4)30)19(31)11-28(29,6)12-27(23,5)10-18(17)21/h9,13,34-37H,3,10-12H2,1-2,4-6H3,(H,32,33)/t27-,28+,29+/m1/s1.